The van der Waals surface area contributed by atoms with Crippen molar-refractivity contribution in [3.63, 3.8) is 0 Å². The van der Waals surface area contributed by atoms with Crippen LogP contribution in [0.25, 0.3) is 0 Å². The number of hydrogen-bond acceptors (Lipinski definition) is 6. The topological polar surface area (TPSA) is 87.3 Å². The molecule has 1 heterocycles. The van der Waals surface area contributed by atoms with Gasteiger partial charge in [0, 0.05) is 6.04 Å². The van der Waals surface area contributed by atoms with Gasteiger partial charge in [0.2, 0.25) is 5.13 Å². The summed E-state index contributed by atoms with van der Waals surface area (Å²) in [6.07, 6.45) is 3.01. The summed E-state index contributed by atoms with van der Waals surface area (Å²) < 4.78 is 5.89. The van der Waals surface area contributed by atoms with Gasteiger partial charge in [-0.25, -0.2) is 14.5 Å². The van der Waals surface area contributed by atoms with Gasteiger partial charge in [0.25, 0.3) is 0 Å². The number of carbonyl (C=O) groups is 2. The Balaban J connectivity index is 2.20. The predicted molar refractivity (Wildman–Crippen MR) is 117 cm³/mol. The number of anilines is 1. The Bertz CT molecular complexity index is 864. The molecular weight excluding hydrogens is 408 g/mol. The molecule has 2 N–H and O–H groups in total. The fourth-order valence-electron chi connectivity index (χ4n) is 2.83. The fraction of sp³-hybridized carbons (Fsp3) is 0.400. The van der Waals surface area contributed by atoms with E-state index in [1.807, 2.05) is 44.2 Å². The lowest BCUT2D eigenvalue weighted by Gasteiger charge is -2.30. The maximum absolute atomic E-state index is 13.0. The molecule has 0 saturated heterocycles. The van der Waals surface area contributed by atoms with Crippen LogP contribution in [0.3, 0.4) is 0 Å². The molecule has 7 nitrogen and oxygen atoms in total. The summed E-state index contributed by atoms with van der Waals surface area (Å²) in [4.78, 5) is 27.0. The molecule has 2 rings (SSSR count). The Morgan fingerprint density at radius 3 is 2.69 bits per heavy atom. The number of urea groups is 1. The average molecular weight is 435 g/mol. The van der Waals surface area contributed by atoms with Crippen molar-refractivity contribution in [2.45, 2.75) is 45.8 Å². The minimum Gasteiger partial charge on any atom is -0.444 e. The molecule has 0 saturated carbocycles. The Hall–Kier alpha value is -2.52. The highest BCUT2D eigenvalue weighted by Gasteiger charge is 2.32. The summed E-state index contributed by atoms with van der Waals surface area (Å²) in [5.74, 6) is 0.287. The Morgan fingerprint density at radius 1 is 1.38 bits per heavy atom. The van der Waals surface area contributed by atoms with Crippen molar-refractivity contribution < 1.29 is 14.3 Å². The molecule has 0 aliphatic heterocycles. The number of hydrogen-bond donors (Lipinski definition) is 2. The lowest BCUT2D eigenvalue weighted by molar-refractivity contribution is 0.0893. The molecule has 0 spiro atoms. The van der Waals surface area contributed by atoms with Gasteiger partial charge in [-0.1, -0.05) is 61.6 Å². The maximum Gasteiger partial charge on any atom is 0.418 e. The van der Waals surface area contributed by atoms with Crippen LogP contribution in [0.4, 0.5) is 14.7 Å². The van der Waals surface area contributed by atoms with E-state index in [1.165, 1.54) is 0 Å². The second-order valence-electron chi connectivity index (χ2n) is 6.91. The molecule has 29 heavy (non-hydrogen) atoms. The standard InChI is InChI=1S/C20H26N4O3S2/c1-4-5-11-16(12-14(2)3)24(18(25)21-17-22-23-19(28)29-17)20(26)27-13-15-9-7-6-8-10-15/h4,6-10,14,16H,1,5,11-13H2,2-3H3,(H,23,28)(H,21,22,25). The van der Waals surface area contributed by atoms with Crippen LogP contribution in [0.2, 0.25) is 0 Å². The first-order valence-corrected chi connectivity index (χ1v) is 10.6. The number of carbonyl (C=O) groups excluding carboxylic acids is 2. The number of amides is 3. The van der Waals surface area contributed by atoms with E-state index in [0.717, 1.165) is 21.8 Å². The van der Waals surface area contributed by atoms with Crippen molar-refractivity contribution in [2.24, 2.45) is 5.92 Å². The summed E-state index contributed by atoms with van der Waals surface area (Å²) in [6, 6.07) is 8.42. The number of aromatic nitrogens is 2. The number of imide groups is 1. The molecule has 0 fully saturated rings. The van der Waals surface area contributed by atoms with Gasteiger partial charge >= 0.3 is 12.1 Å². The van der Waals surface area contributed by atoms with Gasteiger partial charge in [-0.15, -0.1) is 11.7 Å². The Labute approximate surface area is 179 Å². The molecule has 0 aliphatic rings. The van der Waals surface area contributed by atoms with Gasteiger partial charge in [0.15, 0.2) is 3.95 Å². The van der Waals surface area contributed by atoms with Crippen LogP contribution in [0.5, 0.6) is 0 Å². The van der Waals surface area contributed by atoms with E-state index in [2.05, 4.69) is 22.1 Å². The molecule has 0 bridgehead atoms. The monoisotopic (exact) mass is 434 g/mol. The molecule has 0 aliphatic carbocycles. The number of ether oxygens (including phenoxy) is 1. The van der Waals surface area contributed by atoms with E-state index >= 15 is 0 Å². The molecular formula is C20H26N4O3S2. The molecule has 1 unspecified atom stereocenters. The smallest absolute Gasteiger partial charge is 0.418 e. The molecule has 156 valence electrons. The Morgan fingerprint density at radius 2 is 2.10 bits per heavy atom. The predicted octanol–water partition coefficient (Wildman–Crippen LogP) is 5.75. The number of nitrogens with one attached hydrogen (secondary N) is 2. The summed E-state index contributed by atoms with van der Waals surface area (Å²) in [5, 5.41) is 9.48. The number of rotatable bonds is 9. The number of nitrogens with zero attached hydrogens (tertiary/aromatic N) is 2. The third-order valence-corrected chi connectivity index (χ3v) is 5.09. The van der Waals surface area contributed by atoms with Crippen molar-refractivity contribution >= 4 is 40.8 Å². The zero-order valence-corrected chi connectivity index (χ0v) is 18.2. The highest BCUT2D eigenvalue weighted by molar-refractivity contribution is 7.73. The molecule has 2 aromatic rings. The minimum atomic E-state index is -0.694. The minimum absolute atomic E-state index is 0.0840. The fourth-order valence-corrected chi connectivity index (χ4v) is 3.61. The zero-order chi connectivity index (χ0) is 21.2. The van der Waals surface area contributed by atoms with Gasteiger partial charge < -0.3 is 4.74 Å². The normalized spacial score (nSPS) is 11.7. The SMILES string of the molecule is C=CCCC(CC(C)C)N(C(=O)Nc1n[nH]c(=S)s1)C(=O)OCc1ccccc1. The van der Waals surface area contributed by atoms with Crippen LogP contribution in [0, 0.1) is 9.87 Å². The van der Waals surface area contributed by atoms with Crippen LogP contribution in [-0.2, 0) is 11.3 Å². The lowest BCUT2D eigenvalue weighted by Crippen LogP contribution is -2.47. The zero-order valence-electron chi connectivity index (χ0n) is 16.6. The summed E-state index contributed by atoms with van der Waals surface area (Å²) in [6.45, 7) is 7.93. The average Bonchev–Trinajstić information content (AvgIpc) is 3.09. The number of allylic oxidation sites excluding steroid dienone is 1. The van der Waals surface area contributed by atoms with E-state index in [0.29, 0.717) is 28.3 Å². The van der Waals surface area contributed by atoms with Crippen LogP contribution < -0.4 is 5.32 Å². The molecule has 1 aromatic carbocycles. The largest absolute Gasteiger partial charge is 0.444 e. The number of benzene rings is 1. The van der Waals surface area contributed by atoms with Crippen LogP contribution in [0.15, 0.2) is 43.0 Å². The number of H-pyrrole nitrogens is 1. The van der Waals surface area contributed by atoms with Crippen LogP contribution in [0.1, 0.15) is 38.7 Å². The highest BCUT2D eigenvalue weighted by atomic mass is 32.1. The Kier molecular flexibility index (Phi) is 9.01. The van der Waals surface area contributed by atoms with E-state index in [4.69, 9.17) is 17.0 Å². The van der Waals surface area contributed by atoms with Gasteiger partial charge in [0.1, 0.15) is 6.61 Å². The van der Waals surface area contributed by atoms with Crippen LogP contribution in [-0.4, -0.2) is 33.3 Å². The number of aromatic amines is 1. The van der Waals surface area contributed by atoms with E-state index in [-0.39, 0.29) is 18.6 Å². The first-order valence-electron chi connectivity index (χ1n) is 9.38. The second kappa shape index (κ2) is 11.5. The first kappa shape index (κ1) is 22.8. The highest BCUT2D eigenvalue weighted by Crippen LogP contribution is 2.21. The lowest BCUT2D eigenvalue weighted by atomic mass is 9.98. The summed E-state index contributed by atoms with van der Waals surface area (Å²) in [7, 11) is 0. The van der Waals surface area contributed by atoms with Gasteiger partial charge in [-0.05, 0) is 43.0 Å². The second-order valence-corrected chi connectivity index (χ2v) is 8.57. The molecule has 1 atom stereocenters. The van der Waals surface area contributed by atoms with Crippen molar-refractivity contribution in [2.75, 3.05) is 5.32 Å². The molecule has 9 heteroatoms. The van der Waals surface area contributed by atoms with Crippen molar-refractivity contribution in [1.29, 1.82) is 0 Å². The molecule has 0 radical (unpaired) electrons. The van der Waals surface area contributed by atoms with Crippen LogP contribution >= 0.6 is 23.6 Å². The third-order valence-electron chi connectivity index (χ3n) is 4.09. The molecule has 3 amide bonds. The summed E-state index contributed by atoms with van der Waals surface area (Å²) in [5.41, 5.74) is 0.845. The first-order chi connectivity index (χ1) is 13.9. The van der Waals surface area contributed by atoms with E-state index in [1.54, 1.807) is 6.08 Å². The van der Waals surface area contributed by atoms with Gasteiger partial charge in [-0.3, -0.25) is 10.4 Å². The maximum atomic E-state index is 13.0. The van der Waals surface area contributed by atoms with Crippen molar-refractivity contribution in [1.82, 2.24) is 15.1 Å². The van der Waals surface area contributed by atoms with Crippen molar-refractivity contribution in [3.8, 4) is 0 Å². The third kappa shape index (κ3) is 7.43. The van der Waals surface area contributed by atoms with Gasteiger partial charge in [-0.2, -0.15) is 0 Å². The van der Waals surface area contributed by atoms with E-state index < -0.39 is 12.1 Å². The van der Waals surface area contributed by atoms with Crippen molar-refractivity contribution in [3.05, 3.63) is 52.5 Å². The van der Waals surface area contributed by atoms with E-state index in [9.17, 15) is 9.59 Å². The molecule has 1 aromatic heterocycles. The quantitative estimate of drug-likeness (QED) is 0.387. The summed E-state index contributed by atoms with van der Waals surface area (Å²) >= 11 is 6.12. The van der Waals surface area contributed by atoms with Gasteiger partial charge in [0.05, 0.1) is 0 Å².